The van der Waals surface area contributed by atoms with E-state index in [4.69, 9.17) is 19.1 Å². The average molecular weight is 266 g/mol. The molecule has 0 aromatic rings. The molecule has 0 saturated heterocycles. The summed E-state index contributed by atoms with van der Waals surface area (Å²) in [5, 5.41) is 0. The molecule has 0 aromatic heterocycles. The summed E-state index contributed by atoms with van der Waals surface area (Å²) in [7, 11) is 11.2. The third kappa shape index (κ3) is 25.3. The Morgan fingerprint density at radius 3 is 1.50 bits per heavy atom. The van der Waals surface area contributed by atoms with E-state index in [0.29, 0.717) is 0 Å². The second kappa shape index (κ2) is 15.9. The van der Waals surface area contributed by atoms with Crippen LogP contribution in [0, 0.1) is 0 Å². The van der Waals surface area contributed by atoms with Crippen molar-refractivity contribution in [2.24, 2.45) is 0 Å². The van der Waals surface area contributed by atoms with Gasteiger partial charge in [-0.2, -0.15) is 0 Å². The number of halogens is 2. The van der Waals surface area contributed by atoms with Crippen molar-refractivity contribution in [3.63, 3.8) is 0 Å². The van der Waals surface area contributed by atoms with Gasteiger partial charge in [-0.3, -0.25) is 0 Å². The third-order valence-electron chi connectivity index (χ3n) is 0.447. The summed E-state index contributed by atoms with van der Waals surface area (Å²) >= 11 is -0.106. The van der Waals surface area contributed by atoms with Crippen LogP contribution in [0.5, 0.6) is 0 Å². The minimum absolute atomic E-state index is 0.106. The van der Waals surface area contributed by atoms with E-state index in [9.17, 15) is 0 Å². The topological polar surface area (TPSA) is 0 Å². The molecule has 55 valence electrons. The minimum atomic E-state index is -0.106. The molecule has 0 N–H and O–H groups in total. The zero-order chi connectivity index (χ0) is 6.83. The molecule has 0 nitrogen and oxygen atoms in total. The molecule has 0 heterocycles. The van der Waals surface area contributed by atoms with E-state index in [1.165, 1.54) is 12.3 Å². The molecule has 0 aliphatic carbocycles. The second-order valence-electron chi connectivity index (χ2n) is 0.901. The van der Waals surface area contributed by atoms with Crippen molar-refractivity contribution < 1.29 is 15.9 Å². The van der Waals surface area contributed by atoms with Gasteiger partial charge in [-0.05, 0) is 12.3 Å². The van der Waals surface area contributed by atoms with Crippen LogP contribution < -0.4 is 0 Å². The first-order valence-electron chi connectivity index (χ1n) is 2.29. The van der Waals surface area contributed by atoms with Gasteiger partial charge < -0.3 is 0 Å². The fraction of sp³-hybridized carbons (Fsp3) is 1.00. The molecule has 0 aliphatic rings. The van der Waals surface area contributed by atoms with Gasteiger partial charge in [-0.15, -0.1) is 0 Å². The van der Waals surface area contributed by atoms with Gasteiger partial charge in [0, 0.05) is 0 Å². The first-order valence-corrected chi connectivity index (χ1v) is 7.55. The predicted molar refractivity (Wildman–Crippen MR) is 39.7 cm³/mol. The first kappa shape index (κ1) is 12.4. The van der Waals surface area contributed by atoms with Gasteiger partial charge in [0.1, 0.15) is 0 Å². The van der Waals surface area contributed by atoms with Crippen molar-refractivity contribution in [3.05, 3.63) is 0 Å². The monoisotopic (exact) mass is 265 g/mol. The van der Waals surface area contributed by atoms with Gasteiger partial charge in [0.25, 0.3) is 0 Å². The van der Waals surface area contributed by atoms with Crippen LogP contribution in [0.15, 0.2) is 0 Å². The van der Waals surface area contributed by atoms with Crippen LogP contribution in [-0.4, -0.2) is 12.3 Å². The van der Waals surface area contributed by atoms with Gasteiger partial charge in [0.05, 0.1) is 0 Å². The molecule has 0 spiro atoms. The normalized spacial score (nSPS) is 8.00. The summed E-state index contributed by atoms with van der Waals surface area (Å²) in [5.41, 5.74) is 0. The van der Waals surface area contributed by atoms with Gasteiger partial charge in [0.2, 0.25) is 0 Å². The molecule has 0 aliphatic heterocycles. The predicted octanol–water partition coefficient (Wildman–Crippen LogP) is 3.35. The quantitative estimate of drug-likeness (QED) is 0.531. The molecule has 0 amide bonds. The molecule has 0 fully saturated rings. The van der Waals surface area contributed by atoms with E-state index in [2.05, 4.69) is 13.8 Å². The second-order valence-corrected chi connectivity index (χ2v) is 4.97. The first-order chi connectivity index (χ1) is 3.83. The Balaban J connectivity index is 0. The van der Waals surface area contributed by atoms with E-state index >= 15 is 0 Å². The van der Waals surface area contributed by atoms with E-state index in [1.54, 1.807) is 8.58 Å². The Kier molecular flexibility index (Phi) is 24.5. The van der Waals surface area contributed by atoms with Gasteiger partial charge >= 0.3 is 35.0 Å². The molecule has 0 bridgehead atoms. The molecular formula is C4H10Cl2PPd. The van der Waals surface area contributed by atoms with Crippen LogP contribution in [0.4, 0.5) is 0 Å². The molecule has 0 aromatic carbocycles. The maximum atomic E-state index is 4.81. The fourth-order valence-corrected chi connectivity index (χ4v) is 0.671. The average Bonchev–Trinajstić information content (AvgIpc) is 1.71. The summed E-state index contributed by atoms with van der Waals surface area (Å²) in [6.45, 7) is 4.40. The molecule has 4 heteroatoms. The van der Waals surface area contributed by atoms with Crippen molar-refractivity contribution in [1.29, 1.82) is 0 Å². The zero-order valence-corrected chi connectivity index (χ0v) is 8.89. The third-order valence-corrected chi connectivity index (χ3v) is 1.34. The van der Waals surface area contributed by atoms with Crippen LogP contribution in [0.3, 0.4) is 0 Å². The Hall–Kier alpha value is 1.67. The molecule has 1 radical (unpaired) electrons. The summed E-state index contributed by atoms with van der Waals surface area (Å²) < 4.78 is 0. The SMILES string of the molecule is CC[P]CC.[Cl][Pd][Cl]. The summed E-state index contributed by atoms with van der Waals surface area (Å²) in [6.07, 6.45) is 2.63. The number of rotatable bonds is 2. The summed E-state index contributed by atoms with van der Waals surface area (Å²) in [4.78, 5) is 0. The Bertz CT molecular complexity index is 28.0. The summed E-state index contributed by atoms with van der Waals surface area (Å²) in [5.74, 6) is 0. The number of hydrogen-bond donors (Lipinski definition) is 0. The van der Waals surface area contributed by atoms with Crippen LogP contribution in [0.2, 0.25) is 0 Å². The van der Waals surface area contributed by atoms with Crippen molar-refractivity contribution in [2.75, 3.05) is 12.3 Å². The van der Waals surface area contributed by atoms with Crippen molar-refractivity contribution in [2.45, 2.75) is 13.8 Å². The maximum absolute atomic E-state index is 4.81. The molecular weight excluding hydrogens is 256 g/mol. The molecule has 0 rings (SSSR count). The molecule has 0 saturated carbocycles. The van der Waals surface area contributed by atoms with Gasteiger partial charge in [-0.25, -0.2) is 0 Å². The fourth-order valence-electron chi connectivity index (χ4n) is 0.224. The Morgan fingerprint density at radius 2 is 1.50 bits per heavy atom. The van der Waals surface area contributed by atoms with E-state index in [0.717, 1.165) is 0 Å². The van der Waals surface area contributed by atoms with E-state index in [-0.39, 0.29) is 15.9 Å². The van der Waals surface area contributed by atoms with Crippen LogP contribution in [-0.2, 0) is 15.9 Å². The molecule has 0 unspecified atom stereocenters. The van der Waals surface area contributed by atoms with Gasteiger partial charge in [0.15, 0.2) is 0 Å². The summed E-state index contributed by atoms with van der Waals surface area (Å²) in [6, 6.07) is 0. The van der Waals surface area contributed by atoms with Crippen molar-refractivity contribution in [1.82, 2.24) is 0 Å². The standard InChI is InChI=1S/C4H10P.2ClH.Pd/c1-3-5-4-2;;;/h3-4H2,1-2H3;2*1H;/q;;;+2/p-2. The van der Waals surface area contributed by atoms with Crippen molar-refractivity contribution >= 4 is 27.6 Å². The van der Waals surface area contributed by atoms with Crippen LogP contribution >= 0.6 is 27.6 Å². The van der Waals surface area contributed by atoms with Gasteiger partial charge in [-0.1, -0.05) is 22.4 Å². The molecule has 0 atom stereocenters. The Labute approximate surface area is 69.6 Å². The number of hydrogen-bond acceptors (Lipinski definition) is 0. The Morgan fingerprint density at radius 1 is 1.25 bits per heavy atom. The zero-order valence-electron chi connectivity index (χ0n) is 4.93. The van der Waals surface area contributed by atoms with E-state index < -0.39 is 0 Å². The van der Waals surface area contributed by atoms with Crippen LogP contribution in [0.25, 0.3) is 0 Å². The van der Waals surface area contributed by atoms with Crippen LogP contribution in [0.1, 0.15) is 13.8 Å². The molecule has 8 heavy (non-hydrogen) atoms. The van der Waals surface area contributed by atoms with E-state index in [1.807, 2.05) is 0 Å². The van der Waals surface area contributed by atoms with Crippen molar-refractivity contribution in [3.8, 4) is 0 Å².